The third kappa shape index (κ3) is 2.93. The molecule has 1 aliphatic rings. The lowest BCUT2D eigenvalue weighted by Gasteiger charge is -2.32. The van der Waals surface area contributed by atoms with E-state index in [2.05, 4.69) is 15.3 Å². The van der Waals surface area contributed by atoms with Crippen LogP contribution in [0.2, 0.25) is 0 Å². The molecule has 1 atom stereocenters. The molecular formula is C15H19N3OS. The predicted molar refractivity (Wildman–Crippen MR) is 79.9 cm³/mol. The van der Waals surface area contributed by atoms with E-state index in [0.717, 1.165) is 43.0 Å². The van der Waals surface area contributed by atoms with Crippen molar-refractivity contribution >= 4 is 17.2 Å². The Kier molecular flexibility index (Phi) is 3.87. The fraction of sp³-hybridized carbons (Fsp3) is 0.467. The van der Waals surface area contributed by atoms with Crippen LogP contribution >= 0.6 is 11.3 Å². The summed E-state index contributed by atoms with van der Waals surface area (Å²) in [7, 11) is 0. The Bertz CT molecular complexity index is 576. The van der Waals surface area contributed by atoms with Gasteiger partial charge in [0.15, 0.2) is 0 Å². The Balaban J connectivity index is 1.64. The molecule has 0 aromatic carbocycles. The van der Waals surface area contributed by atoms with Crippen LogP contribution in [0.15, 0.2) is 23.0 Å². The molecular weight excluding hydrogens is 270 g/mol. The fourth-order valence-corrected chi connectivity index (χ4v) is 3.42. The lowest BCUT2D eigenvalue weighted by Crippen LogP contribution is -2.40. The fourth-order valence-electron chi connectivity index (χ4n) is 2.75. The van der Waals surface area contributed by atoms with Gasteiger partial charge in [-0.1, -0.05) is 0 Å². The van der Waals surface area contributed by atoms with Gasteiger partial charge in [-0.2, -0.15) is 11.3 Å². The third-order valence-corrected chi connectivity index (χ3v) is 4.55. The molecule has 0 radical (unpaired) electrons. The largest absolute Gasteiger partial charge is 0.346 e. The van der Waals surface area contributed by atoms with Crippen molar-refractivity contribution in [3.63, 3.8) is 0 Å². The number of carbonyl (C=O) groups excluding carboxylic acids is 1. The van der Waals surface area contributed by atoms with Crippen LogP contribution in [0.3, 0.4) is 0 Å². The SMILES string of the molecule is Cc1cnc(C2CCCN(C(=O)Cc3ccsc3)C2)[nH]1. The van der Waals surface area contributed by atoms with E-state index in [1.54, 1.807) is 11.3 Å². The number of amides is 1. The summed E-state index contributed by atoms with van der Waals surface area (Å²) in [5.41, 5.74) is 2.21. The number of aromatic amines is 1. The number of aryl methyl sites for hydroxylation is 1. The molecule has 0 bridgehead atoms. The van der Waals surface area contributed by atoms with Gasteiger partial charge in [-0.25, -0.2) is 4.98 Å². The highest BCUT2D eigenvalue weighted by atomic mass is 32.1. The Morgan fingerprint density at radius 3 is 3.20 bits per heavy atom. The van der Waals surface area contributed by atoms with E-state index >= 15 is 0 Å². The summed E-state index contributed by atoms with van der Waals surface area (Å²) in [5.74, 6) is 1.61. The second kappa shape index (κ2) is 5.79. The lowest BCUT2D eigenvalue weighted by molar-refractivity contribution is -0.131. The number of nitrogens with one attached hydrogen (secondary N) is 1. The number of thiophene rings is 1. The molecule has 3 heterocycles. The molecule has 0 spiro atoms. The number of hydrogen-bond donors (Lipinski definition) is 1. The normalized spacial score (nSPS) is 19.2. The summed E-state index contributed by atoms with van der Waals surface area (Å²) in [5, 5.41) is 4.07. The molecule has 2 aromatic heterocycles. The van der Waals surface area contributed by atoms with E-state index in [4.69, 9.17) is 0 Å². The Labute approximate surface area is 122 Å². The van der Waals surface area contributed by atoms with Crippen LogP contribution in [0.1, 0.15) is 35.8 Å². The number of piperidine rings is 1. The summed E-state index contributed by atoms with van der Waals surface area (Å²) in [6, 6.07) is 2.03. The highest BCUT2D eigenvalue weighted by molar-refractivity contribution is 7.07. The van der Waals surface area contributed by atoms with Gasteiger partial charge < -0.3 is 9.88 Å². The first-order valence-corrected chi connectivity index (χ1v) is 7.97. The van der Waals surface area contributed by atoms with Crippen molar-refractivity contribution < 1.29 is 4.79 Å². The van der Waals surface area contributed by atoms with E-state index in [9.17, 15) is 4.79 Å². The molecule has 1 fully saturated rings. The first-order valence-electron chi connectivity index (χ1n) is 7.03. The number of rotatable bonds is 3. The zero-order chi connectivity index (χ0) is 13.9. The van der Waals surface area contributed by atoms with Crippen LogP contribution < -0.4 is 0 Å². The summed E-state index contributed by atoms with van der Waals surface area (Å²) in [6.45, 7) is 3.67. The maximum Gasteiger partial charge on any atom is 0.227 e. The minimum absolute atomic E-state index is 0.233. The van der Waals surface area contributed by atoms with Crippen molar-refractivity contribution in [1.29, 1.82) is 0 Å². The van der Waals surface area contributed by atoms with Gasteiger partial charge in [-0.3, -0.25) is 4.79 Å². The summed E-state index contributed by atoms with van der Waals surface area (Å²) in [6.07, 6.45) is 4.55. The number of carbonyl (C=O) groups is 1. The number of imidazole rings is 1. The van der Waals surface area contributed by atoms with Gasteiger partial charge in [0.1, 0.15) is 5.82 Å². The summed E-state index contributed by atoms with van der Waals surface area (Å²) >= 11 is 1.64. The Morgan fingerprint density at radius 1 is 1.60 bits per heavy atom. The standard InChI is InChI=1S/C15H19N3OS/c1-11-8-16-15(17-11)13-3-2-5-18(9-13)14(19)7-12-4-6-20-10-12/h4,6,8,10,13H,2-3,5,7,9H2,1H3,(H,16,17). The van der Waals surface area contributed by atoms with Crippen LogP contribution in [0.5, 0.6) is 0 Å². The van der Waals surface area contributed by atoms with Crippen LogP contribution in [0.25, 0.3) is 0 Å². The van der Waals surface area contributed by atoms with Crippen LogP contribution in [0.4, 0.5) is 0 Å². The number of hydrogen-bond acceptors (Lipinski definition) is 3. The van der Waals surface area contributed by atoms with Gasteiger partial charge in [0.05, 0.1) is 6.42 Å². The molecule has 20 heavy (non-hydrogen) atoms. The van der Waals surface area contributed by atoms with Crippen molar-refractivity contribution in [2.24, 2.45) is 0 Å². The van der Waals surface area contributed by atoms with Crippen molar-refractivity contribution in [3.8, 4) is 0 Å². The van der Waals surface area contributed by atoms with Crippen molar-refractivity contribution in [1.82, 2.24) is 14.9 Å². The quantitative estimate of drug-likeness (QED) is 0.944. The number of aromatic nitrogens is 2. The van der Waals surface area contributed by atoms with Crippen molar-refractivity contribution in [2.45, 2.75) is 32.1 Å². The molecule has 1 saturated heterocycles. The predicted octanol–water partition coefficient (Wildman–Crippen LogP) is 2.73. The van der Waals surface area contributed by atoms with E-state index < -0.39 is 0 Å². The molecule has 4 nitrogen and oxygen atoms in total. The molecule has 0 saturated carbocycles. The van der Waals surface area contributed by atoms with Crippen LogP contribution in [0, 0.1) is 6.92 Å². The Hall–Kier alpha value is -1.62. The molecule has 5 heteroatoms. The smallest absolute Gasteiger partial charge is 0.227 e. The highest BCUT2D eigenvalue weighted by Crippen LogP contribution is 2.25. The second-order valence-electron chi connectivity index (χ2n) is 5.44. The number of H-pyrrole nitrogens is 1. The maximum atomic E-state index is 12.3. The zero-order valence-electron chi connectivity index (χ0n) is 11.6. The monoisotopic (exact) mass is 289 g/mol. The van der Waals surface area contributed by atoms with Gasteiger partial charge in [-0.05, 0) is 42.2 Å². The molecule has 106 valence electrons. The minimum Gasteiger partial charge on any atom is -0.346 e. The average Bonchev–Trinajstić information content (AvgIpc) is 3.10. The molecule has 1 amide bonds. The molecule has 2 aromatic rings. The van der Waals surface area contributed by atoms with E-state index in [1.165, 1.54) is 0 Å². The summed E-state index contributed by atoms with van der Waals surface area (Å²) < 4.78 is 0. The molecule has 3 rings (SSSR count). The van der Waals surface area contributed by atoms with Crippen molar-refractivity contribution in [3.05, 3.63) is 40.1 Å². The molecule has 1 aliphatic heterocycles. The second-order valence-corrected chi connectivity index (χ2v) is 6.22. The molecule has 1 N–H and O–H groups in total. The number of likely N-dealkylation sites (tertiary alicyclic amines) is 1. The highest BCUT2D eigenvalue weighted by Gasteiger charge is 2.26. The molecule has 0 aliphatic carbocycles. The summed E-state index contributed by atoms with van der Waals surface area (Å²) in [4.78, 5) is 22.1. The van der Waals surface area contributed by atoms with E-state index in [-0.39, 0.29) is 5.91 Å². The average molecular weight is 289 g/mol. The lowest BCUT2D eigenvalue weighted by atomic mass is 9.97. The maximum absolute atomic E-state index is 12.3. The van der Waals surface area contributed by atoms with Gasteiger partial charge in [-0.15, -0.1) is 0 Å². The van der Waals surface area contributed by atoms with Gasteiger partial charge in [0.25, 0.3) is 0 Å². The van der Waals surface area contributed by atoms with Gasteiger partial charge in [0.2, 0.25) is 5.91 Å². The Morgan fingerprint density at radius 2 is 2.50 bits per heavy atom. The van der Waals surface area contributed by atoms with Crippen molar-refractivity contribution in [2.75, 3.05) is 13.1 Å². The van der Waals surface area contributed by atoms with E-state index in [0.29, 0.717) is 12.3 Å². The first kappa shape index (κ1) is 13.4. The van der Waals surface area contributed by atoms with Gasteiger partial charge >= 0.3 is 0 Å². The topological polar surface area (TPSA) is 49.0 Å². The first-order chi connectivity index (χ1) is 9.72. The van der Waals surface area contributed by atoms with E-state index in [1.807, 2.05) is 29.5 Å². The van der Waals surface area contributed by atoms with Crippen LogP contribution in [-0.2, 0) is 11.2 Å². The van der Waals surface area contributed by atoms with Crippen LogP contribution in [-0.4, -0.2) is 33.9 Å². The van der Waals surface area contributed by atoms with Gasteiger partial charge in [0, 0.05) is 30.9 Å². The molecule has 1 unspecified atom stereocenters. The zero-order valence-corrected chi connectivity index (χ0v) is 12.4. The minimum atomic E-state index is 0.233. The number of nitrogens with zero attached hydrogens (tertiary/aromatic N) is 2. The third-order valence-electron chi connectivity index (χ3n) is 3.82.